The summed E-state index contributed by atoms with van der Waals surface area (Å²) in [6, 6.07) is 5.66. The Morgan fingerprint density at radius 3 is 2.79 bits per heavy atom. The molecule has 0 saturated heterocycles. The normalized spacial score (nSPS) is 10.3. The highest BCUT2D eigenvalue weighted by Crippen LogP contribution is 2.24. The summed E-state index contributed by atoms with van der Waals surface area (Å²) in [6.45, 7) is 6.00. The summed E-state index contributed by atoms with van der Waals surface area (Å²) in [6.07, 6.45) is 0. The smallest absolute Gasteiger partial charge is 0.124 e. The highest BCUT2D eigenvalue weighted by Gasteiger charge is 2.06. The Bertz CT molecular complexity index is 410. The summed E-state index contributed by atoms with van der Waals surface area (Å²) < 4.78 is 15.8. The zero-order chi connectivity index (χ0) is 14.1. The molecule has 0 unspecified atom stereocenters. The summed E-state index contributed by atoms with van der Waals surface area (Å²) in [7, 11) is 3.31. The maximum absolute atomic E-state index is 5.71. The van der Waals surface area contributed by atoms with Gasteiger partial charge in [-0.25, -0.2) is 0 Å². The van der Waals surface area contributed by atoms with Crippen LogP contribution in [0.2, 0.25) is 0 Å². The van der Waals surface area contributed by atoms with Crippen molar-refractivity contribution in [2.24, 2.45) is 0 Å². The zero-order valence-corrected chi connectivity index (χ0v) is 12.1. The second kappa shape index (κ2) is 8.80. The third-order valence-electron chi connectivity index (χ3n) is 2.45. The third-order valence-corrected chi connectivity index (χ3v) is 2.56. The monoisotopic (exact) mass is 285 g/mol. The molecule has 1 N–H and O–H groups in total. The Balaban J connectivity index is 2.68. The maximum atomic E-state index is 5.71. The lowest BCUT2D eigenvalue weighted by Gasteiger charge is -2.13. The number of benzene rings is 1. The van der Waals surface area contributed by atoms with Crippen molar-refractivity contribution in [2.45, 2.75) is 6.54 Å². The van der Waals surface area contributed by atoms with Crippen LogP contribution in [0.25, 0.3) is 0 Å². The SMILES string of the molecule is C=C(Cl)COc1ccc(OC)cc1CNCCOC. The molecular weight excluding hydrogens is 266 g/mol. The molecule has 0 atom stereocenters. The van der Waals surface area contributed by atoms with Crippen LogP contribution in [0.3, 0.4) is 0 Å². The van der Waals surface area contributed by atoms with Crippen LogP contribution in [0.1, 0.15) is 5.56 Å². The molecule has 0 amide bonds. The van der Waals surface area contributed by atoms with Gasteiger partial charge < -0.3 is 19.5 Å². The Morgan fingerprint density at radius 2 is 2.16 bits per heavy atom. The van der Waals surface area contributed by atoms with Gasteiger partial charge in [-0.1, -0.05) is 18.2 Å². The first-order valence-electron chi connectivity index (χ1n) is 6.00. The molecule has 1 rings (SSSR count). The molecule has 0 spiro atoms. The van der Waals surface area contributed by atoms with Crippen LogP contribution in [0, 0.1) is 0 Å². The quantitative estimate of drug-likeness (QED) is 0.708. The molecule has 5 heteroatoms. The van der Waals surface area contributed by atoms with Crippen LogP contribution in [-0.4, -0.2) is 34.0 Å². The van der Waals surface area contributed by atoms with Gasteiger partial charge in [-0.2, -0.15) is 0 Å². The first-order valence-corrected chi connectivity index (χ1v) is 6.37. The molecule has 0 aliphatic heterocycles. The number of methoxy groups -OCH3 is 2. The average molecular weight is 286 g/mol. The zero-order valence-electron chi connectivity index (χ0n) is 11.4. The Kier molecular flexibility index (Phi) is 7.33. The summed E-state index contributed by atoms with van der Waals surface area (Å²) in [4.78, 5) is 0. The molecule has 4 nitrogen and oxygen atoms in total. The van der Waals surface area contributed by atoms with E-state index < -0.39 is 0 Å². The maximum Gasteiger partial charge on any atom is 0.124 e. The third kappa shape index (κ3) is 5.96. The lowest BCUT2D eigenvalue weighted by atomic mass is 10.2. The molecule has 1 aromatic rings. The molecule has 0 fully saturated rings. The molecule has 0 aliphatic carbocycles. The van der Waals surface area contributed by atoms with Crippen molar-refractivity contribution < 1.29 is 14.2 Å². The highest BCUT2D eigenvalue weighted by atomic mass is 35.5. The predicted molar refractivity (Wildman–Crippen MR) is 77.1 cm³/mol. The fraction of sp³-hybridized carbons (Fsp3) is 0.429. The van der Waals surface area contributed by atoms with Gasteiger partial charge in [-0.05, 0) is 18.2 Å². The van der Waals surface area contributed by atoms with E-state index in [9.17, 15) is 0 Å². The van der Waals surface area contributed by atoms with Crippen molar-refractivity contribution in [1.82, 2.24) is 5.32 Å². The van der Waals surface area contributed by atoms with E-state index in [4.69, 9.17) is 25.8 Å². The molecular formula is C14H20ClNO3. The predicted octanol–water partition coefficient (Wildman–Crippen LogP) is 2.56. The van der Waals surface area contributed by atoms with Crippen molar-refractivity contribution in [1.29, 1.82) is 0 Å². The number of ether oxygens (including phenoxy) is 3. The van der Waals surface area contributed by atoms with Gasteiger partial charge in [0, 0.05) is 30.8 Å². The van der Waals surface area contributed by atoms with Gasteiger partial charge in [0.1, 0.15) is 18.1 Å². The lowest BCUT2D eigenvalue weighted by Crippen LogP contribution is -2.19. The van der Waals surface area contributed by atoms with Gasteiger partial charge in [0.05, 0.1) is 13.7 Å². The van der Waals surface area contributed by atoms with Gasteiger partial charge in [0.25, 0.3) is 0 Å². The number of halogens is 1. The summed E-state index contributed by atoms with van der Waals surface area (Å²) in [5.41, 5.74) is 1.01. The molecule has 1 aromatic carbocycles. The highest BCUT2D eigenvalue weighted by molar-refractivity contribution is 6.29. The first kappa shape index (κ1) is 15.8. The minimum atomic E-state index is 0.291. The molecule has 0 aliphatic rings. The fourth-order valence-electron chi connectivity index (χ4n) is 1.52. The van der Waals surface area contributed by atoms with Crippen LogP contribution < -0.4 is 14.8 Å². The van der Waals surface area contributed by atoms with Crippen LogP contribution in [-0.2, 0) is 11.3 Å². The number of nitrogens with one attached hydrogen (secondary N) is 1. The van der Waals surface area contributed by atoms with Crippen molar-refractivity contribution in [2.75, 3.05) is 34.0 Å². The summed E-state index contributed by atoms with van der Waals surface area (Å²) >= 11 is 5.71. The van der Waals surface area contributed by atoms with Crippen LogP contribution in [0.5, 0.6) is 11.5 Å². The molecule has 0 heterocycles. The van der Waals surface area contributed by atoms with Crippen molar-refractivity contribution in [3.8, 4) is 11.5 Å². The largest absolute Gasteiger partial charge is 0.497 e. The van der Waals surface area contributed by atoms with E-state index in [1.165, 1.54) is 0 Å². The Morgan fingerprint density at radius 1 is 1.37 bits per heavy atom. The van der Waals surface area contributed by atoms with E-state index in [0.717, 1.165) is 23.6 Å². The van der Waals surface area contributed by atoms with Gasteiger partial charge in [0.2, 0.25) is 0 Å². The Hall–Kier alpha value is -1.23. The topological polar surface area (TPSA) is 39.7 Å². The Labute approximate surface area is 119 Å². The number of hydrogen-bond acceptors (Lipinski definition) is 4. The molecule has 0 radical (unpaired) electrons. The second-order valence-corrected chi connectivity index (χ2v) is 4.48. The van der Waals surface area contributed by atoms with Gasteiger partial charge in [-0.3, -0.25) is 0 Å². The summed E-state index contributed by atoms with van der Waals surface area (Å²) in [5.74, 6) is 1.56. The molecule has 0 aromatic heterocycles. The van der Waals surface area contributed by atoms with Crippen molar-refractivity contribution in [3.63, 3.8) is 0 Å². The van der Waals surface area contributed by atoms with E-state index in [2.05, 4.69) is 11.9 Å². The van der Waals surface area contributed by atoms with Gasteiger partial charge in [0.15, 0.2) is 0 Å². The number of hydrogen-bond donors (Lipinski definition) is 1. The minimum Gasteiger partial charge on any atom is -0.497 e. The first-order chi connectivity index (χ1) is 9.17. The van der Waals surface area contributed by atoms with Crippen LogP contribution >= 0.6 is 11.6 Å². The van der Waals surface area contributed by atoms with Crippen molar-refractivity contribution >= 4 is 11.6 Å². The van der Waals surface area contributed by atoms with E-state index in [1.807, 2.05) is 18.2 Å². The molecule has 0 saturated carbocycles. The molecule has 0 bridgehead atoms. The average Bonchev–Trinajstić information content (AvgIpc) is 2.41. The number of rotatable bonds is 9. The standard InChI is InChI=1S/C14H20ClNO3/c1-11(15)10-19-14-5-4-13(18-3)8-12(14)9-16-6-7-17-2/h4-5,8,16H,1,6-7,9-10H2,2-3H3. The van der Waals surface area contributed by atoms with Gasteiger partial charge >= 0.3 is 0 Å². The second-order valence-electron chi connectivity index (χ2n) is 3.95. The lowest BCUT2D eigenvalue weighted by molar-refractivity contribution is 0.199. The van der Waals surface area contributed by atoms with E-state index in [-0.39, 0.29) is 0 Å². The summed E-state index contributed by atoms with van der Waals surface area (Å²) in [5, 5.41) is 3.73. The van der Waals surface area contributed by atoms with E-state index in [1.54, 1.807) is 14.2 Å². The van der Waals surface area contributed by atoms with Crippen molar-refractivity contribution in [3.05, 3.63) is 35.4 Å². The van der Waals surface area contributed by atoms with E-state index in [0.29, 0.717) is 24.8 Å². The van der Waals surface area contributed by atoms with Gasteiger partial charge in [-0.15, -0.1) is 0 Å². The molecule has 106 valence electrons. The fourth-order valence-corrected chi connectivity index (χ4v) is 1.57. The van der Waals surface area contributed by atoms with Crippen LogP contribution in [0.4, 0.5) is 0 Å². The van der Waals surface area contributed by atoms with Crippen LogP contribution in [0.15, 0.2) is 29.8 Å². The minimum absolute atomic E-state index is 0.291. The molecule has 19 heavy (non-hydrogen) atoms. The van der Waals surface area contributed by atoms with E-state index >= 15 is 0 Å².